The zero-order valence-electron chi connectivity index (χ0n) is 20.7. The Morgan fingerprint density at radius 1 is 1.22 bits per heavy atom. The van der Waals surface area contributed by atoms with Crippen molar-refractivity contribution >= 4 is 17.4 Å². The third-order valence-corrected chi connectivity index (χ3v) is 8.07. The van der Waals surface area contributed by atoms with Crippen LogP contribution in [0.2, 0.25) is 0 Å². The first-order valence-electron chi connectivity index (χ1n) is 12.7. The number of allylic oxidation sites excluding steroid dienone is 2. The molecule has 0 heterocycles. The molecule has 0 aromatic heterocycles. The second-order valence-electron chi connectivity index (χ2n) is 10.2. The number of aromatic hydroxyl groups is 1. The molecule has 1 fully saturated rings. The molecular formula is C27H35FN2O6. The molecule has 196 valence electrons. The topological polar surface area (TPSA) is 153 Å². The number of amides is 1. The molecule has 1 saturated carbocycles. The molecule has 1 aromatic rings. The molecule has 3 aliphatic rings. The van der Waals surface area contributed by atoms with Gasteiger partial charge in [-0.3, -0.25) is 9.59 Å². The van der Waals surface area contributed by atoms with Gasteiger partial charge < -0.3 is 31.5 Å². The first kappa shape index (κ1) is 26.2. The lowest BCUT2D eigenvalue weighted by atomic mass is 9.55. The Kier molecular flexibility index (Phi) is 7.16. The number of nitrogens with one attached hydrogen (secondary N) is 1. The highest BCUT2D eigenvalue weighted by Gasteiger charge is 2.58. The summed E-state index contributed by atoms with van der Waals surface area (Å²) in [5.74, 6) is -4.05. The van der Waals surface area contributed by atoms with Gasteiger partial charge in [0.15, 0.2) is 5.78 Å². The van der Waals surface area contributed by atoms with Crippen molar-refractivity contribution in [1.82, 2.24) is 5.32 Å². The van der Waals surface area contributed by atoms with Gasteiger partial charge in [-0.25, -0.2) is 4.39 Å². The van der Waals surface area contributed by atoms with Gasteiger partial charge >= 0.3 is 0 Å². The Morgan fingerprint density at radius 2 is 1.94 bits per heavy atom. The number of phenolic OH excluding ortho intramolecular Hbond substituents is 1. The van der Waals surface area contributed by atoms with E-state index in [1.54, 1.807) is 6.92 Å². The minimum Gasteiger partial charge on any atom is -0.512 e. The van der Waals surface area contributed by atoms with Crippen LogP contribution in [-0.4, -0.2) is 50.9 Å². The number of carbonyl (C=O) groups excluding carboxylic acids is 2. The van der Waals surface area contributed by atoms with Crippen LogP contribution in [0, 0.1) is 17.8 Å². The Bertz CT molecular complexity index is 1160. The van der Waals surface area contributed by atoms with Crippen LogP contribution in [0.15, 0.2) is 23.0 Å². The number of Topliss-reactive ketones (excluding diaryl/α,β-unsaturated/α-hetero) is 1. The second-order valence-corrected chi connectivity index (χ2v) is 10.2. The van der Waals surface area contributed by atoms with Crippen molar-refractivity contribution in [2.75, 3.05) is 13.2 Å². The second kappa shape index (κ2) is 9.86. The van der Waals surface area contributed by atoms with E-state index in [2.05, 4.69) is 5.32 Å². The van der Waals surface area contributed by atoms with E-state index >= 15 is 0 Å². The lowest BCUT2D eigenvalue weighted by Gasteiger charge is -2.49. The van der Waals surface area contributed by atoms with Gasteiger partial charge in [0.25, 0.3) is 5.91 Å². The van der Waals surface area contributed by atoms with E-state index in [4.69, 9.17) is 5.73 Å². The number of phenols is 1. The van der Waals surface area contributed by atoms with E-state index in [0.29, 0.717) is 31.2 Å². The molecule has 4 atom stereocenters. The molecule has 1 aromatic carbocycles. The van der Waals surface area contributed by atoms with Crippen molar-refractivity contribution < 1.29 is 34.4 Å². The van der Waals surface area contributed by atoms with Gasteiger partial charge in [-0.05, 0) is 48.6 Å². The quantitative estimate of drug-likeness (QED) is 0.299. The van der Waals surface area contributed by atoms with Crippen LogP contribution in [0.3, 0.4) is 0 Å². The maximum Gasteiger partial charge on any atom is 0.250 e. The lowest BCUT2D eigenvalue weighted by molar-refractivity contribution is -0.138. The van der Waals surface area contributed by atoms with Crippen LogP contribution in [-0.2, 0) is 29.0 Å². The lowest BCUT2D eigenvalue weighted by Crippen LogP contribution is -2.57. The maximum absolute atomic E-state index is 14.0. The van der Waals surface area contributed by atoms with Crippen molar-refractivity contribution in [3.05, 3.63) is 45.2 Å². The highest BCUT2D eigenvalue weighted by atomic mass is 19.1. The van der Waals surface area contributed by atoms with E-state index in [1.165, 1.54) is 0 Å². The van der Waals surface area contributed by atoms with Gasteiger partial charge in [0.2, 0.25) is 0 Å². The minimum absolute atomic E-state index is 0.0448. The average Bonchev–Trinajstić information content (AvgIpc) is 2.79. The SMILES string of the molecule is CCCC1(O)C(C(N)=O)=C(O)CC2CC3Cc4c(CC)cc(CNCCF)c(O)c4C(O)=C3C(=O)C21. The molecule has 0 spiro atoms. The van der Waals surface area contributed by atoms with Crippen molar-refractivity contribution in [3.63, 3.8) is 0 Å². The largest absolute Gasteiger partial charge is 0.512 e. The summed E-state index contributed by atoms with van der Waals surface area (Å²) in [5.41, 5.74) is 5.76. The summed E-state index contributed by atoms with van der Waals surface area (Å²) in [5, 5.41) is 47.7. The number of hydrogen-bond donors (Lipinski definition) is 6. The zero-order valence-corrected chi connectivity index (χ0v) is 20.7. The number of rotatable bonds is 8. The number of alkyl halides is 1. The van der Waals surface area contributed by atoms with Gasteiger partial charge in [-0.15, -0.1) is 0 Å². The summed E-state index contributed by atoms with van der Waals surface area (Å²) >= 11 is 0. The molecular weight excluding hydrogens is 467 g/mol. The van der Waals surface area contributed by atoms with Crippen LogP contribution in [0.5, 0.6) is 5.75 Å². The molecule has 0 saturated heterocycles. The number of aryl methyl sites for hydroxylation is 1. The minimum atomic E-state index is -1.95. The van der Waals surface area contributed by atoms with E-state index in [0.717, 1.165) is 11.1 Å². The number of primary amides is 1. The highest BCUT2D eigenvalue weighted by Crippen LogP contribution is 2.55. The molecule has 36 heavy (non-hydrogen) atoms. The van der Waals surface area contributed by atoms with Gasteiger partial charge in [-0.2, -0.15) is 0 Å². The van der Waals surface area contributed by atoms with E-state index in [-0.39, 0.29) is 65.8 Å². The predicted molar refractivity (Wildman–Crippen MR) is 132 cm³/mol. The standard InChI is InChI=1S/C27H35FN2O6/c1-3-5-27(36)21-15(11-18(31)22(27)26(29)35)9-14-10-17-13(4-2)8-16(12-30-7-6-28)23(32)20(17)24(33)19(14)25(21)34/h8,14-15,21,30-33,36H,3-7,9-12H2,1-2H3,(H2,29,35). The Balaban J connectivity index is 1.86. The fourth-order valence-electron chi connectivity index (χ4n) is 6.72. The molecule has 0 aliphatic heterocycles. The molecule has 3 aliphatic carbocycles. The maximum atomic E-state index is 14.0. The number of fused-ring (bicyclic) bond motifs is 3. The summed E-state index contributed by atoms with van der Waals surface area (Å²) in [4.78, 5) is 26.2. The van der Waals surface area contributed by atoms with Crippen molar-refractivity contribution in [2.24, 2.45) is 23.5 Å². The van der Waals surface area contributed by atoms with E-state index in [9.17, 15) is 34.4 Å². The molecule has 4 unspecified atom stereocenters. The van der Waals surface area contributed by atoms with Crippen LogP contribution >= 0.6 is 0 Å². The van der Waals surface area contributed by atoms with Crippen LogP contribution < -0.4 is 11.1 Å². The summed E-state index contributed by atoms with van der Waals surface area (Å²) in [7, 11) is 0. The van der Waals surface area contributed by atoms with Gasteiger partial charge in [0.05, 0.1) is 17.1 Å². The fraction of sp³-hybridized carbons (Fsp3) is 0.556. The number of aliphatic hydroxyl groups is 3. The first-order chi connectivity index (χ1) is 17.1. The molecule has 0 bridgehead atoms. The number of hydrogen-bond acceptors (Lipinski definition) is 7. The highest BCUT2D eigenvalue weighted by molar-refractivity contribution is 6.08. The molecule has 7 N–H and O–H groups in total. The molecule has 0 radical (unpaired) electrons. The number of carbonyl (C=O) groups is 2. The average molecular weight is 503 g/mol. The monoisotopic (exact) mass is 502 g/mol. The van der Waals surface area contributed by atoms with Crippen molar-refractivity contribution in [3.8, 4) is 5.75 Å². The van der Waals surface area contributed by atoms with Crippen molar-refractivity contribution in [1.29, 1.82) is 0 Å². The molecule has 8 nitrogen and oxygen atoms in total. The summed E-state index contributed by atoms with van der Waals surface area (Å²) in [6, 6.07) is 1.85. The number of nitrogens with two attached hydrogens (primary N) is 1. The summed E-state index contributed by atoms with van der Waals surface area (Å²) in [6.45, 7) is 3.52. The number of halogens is 1. The fourth-order valence-corrected chi connectivity index (χ4v) is 6.72. The zero-order chi connectivity index (χ0) is 26.4. The van der Waals surface area contributed by atoms with Crippen LogP contribution in [0.4, 0.5) is 4.39 Å². The number of benzene rings is 1. The summed E-state index contributed by atoms with van der Waals surface area (Å²) < 4.78 is 12.6. The third-order valence-electron chi connectivity index (χ3n) is 8.07. The normalized spacial score (nSPS) is 27.6. The van der Waals surface area contributed by atoms with Crippen LogP contribution in [0.1, 0.15) is 61.8 Å². The molecule has 4 rings (SSSR count). The van der Waals surface area contributed by atoms with Gasteiger partial charge in [0.1, 0.15) is 29.5 Å². The Labute approximate surface area is 209 Å². The molecule has 1 amide bonds. The van der Waals surface area contributed by atoms with E-state index in [1.807, 2.05) is 13.0 Å². The van der Waals surface area contributed by atoms with E-state index < -0.39 is 35.8 Å². The van der Waals surface area contributed by atoms with Crippen LogP contribution in [0.25, 0.3) is 5.76 Å². The van der Waals surface area contributed by atoms with Crippen molar-refractivity contribution in [2.45, 2.75) is 64.5 Å². The number of aliphatic hydroxyl groups excluding tert-OH is 2. The smallest absolute Gasteiger partial charge is 0.250 e. The number of ketones is 1. The summed E-state index contributed by atoms with van der Waals surface area (Å²) in [6.07, 6.45) is 2.00. The van der Waals surface area contributed by atoms with Gasteiger partial charge in [0, 0.05) is 30.6 Å². The van der Waals surface area contributed by atoms with Gasteiger partial charge in [-0.1, -0.05) is 26.3 Å². The molecule has 9 heteroatoms. The third kappa shape index (κ3) is 3.98. The Morgan fingerprint density at radius 3 is 2.56 bits per heavy atom. The first-order valence-corrected chi connectivity index (χ1v) is 12.7. The predicted octanol–water partition coefficient (Wildman–Crippen LogP) is 2.89. The Hall–Kier alpha value is -2.91.